The molecular weight excluding hydrogens is 264 g/mol. The van der Waals surface area contributed by atoms with Gasteiger partial charge in [0.15, 0.2) is 5.69 Å². The van der Waals surface area contributed by atoms with Crippen molar-refractivity contribution in [2.24, 2.45) is 5.92 Å². The molecule has 5 nitrogen and oxygen atoms in total. The van der Waals surface area contributed by atoms with Gasteiger partial charge in [-0.15, -0.1) is 10.2 Å². The van der Waals surface area contributed by atoms with Crippen LogP contribution in [0.25, 0.3) is 0 Å². The minimum atomic E-state index is -0.0204. The number of hydrogen-bond donors (Lipinski definition) is 1. The third-order valence-electron chi connectivity index (χ3n) is 3.45. The molecule has 0 saturated carbocycles. The molecule has 0 aromatic carbocycles. The van der Waals surface area contributed by atoms with E-state index in [4.69, 9.17) is 0 Å². The number of nitrogens with one attached hydrogen (secondary N) is 1. The van der Waals surface area contributed by atoms with E-state index in [1.165, 1.54) is 0 Å². The van der Waals surface area contributed by atoms with Crippen LogP contribution in [0, 0.1) is 5.92 Å². The zero-order chi connectivity index (χ0) is 15.8. The van der Waals surface area contributed by atoms with Crippen molar-refractivity contribution in [3.8, 4) is 0 Å². The van der Waals surface area contributed by atoms with Gasteiger partial charge in [-0.3, -0.25) is 4.79 Å². The quantitative estimate of drug-likeness (QED) is 0.799. The van der Waals surface area contributed by atoms with Crippen LogP contribution in [0.15, 0.2) is 12.1 Å². The van der Waals surface area contributed by atoms with E-state index in [0.29, 0.717) is 17.4 Å². The van der Waals surface area contributed by atoms with E-state index in [0.717, 1.165) is 25.9 Å². The molecule has 1 aromatic rings. The lowest BCUT2D eigenvalue weighted by molar-refractivity contribution is 0.0633. The summed E-state index contributed by atoms with van der Waals surface area (Å²) in [6, 6.07) is 3.82. The van der Waals surface area contributed by atoms with E-state index >= 15 is 0 Å². The number of aromatic nitrogens is 2. The number of anilines is 1. The molecule has 0 aliphatic carbocycles. The topological polar surface area (TPSA) is 58.1 Å². The van der Waals surface area contributed by atoms with Gasteiger partial charge in [-0.2, -0.15) is 0 Å². The lowest BCUT2D eigenvalue weighted by Gasteiger charge is -2.31. The molecule has 0 aliphatic heterocycles. The van der Waals surface area contributed by atoms with E-state index in [1.54, 1.807) is 6.07 Å². The molecule has 1 amide bonds. The summed E-state index contributed by atoms with van der Waals surface area (Å²) in [5, 5.41) is 11.2. The fourth-order valence-corrected chi connectivity index (χ4v) is 2.39. The highest BCUT2D eigenvalue weighted by Gasteiger charge is 2.24. The van der Waals surface area contributed by atoms with Crippen LogP contribution in [0.1, 0.15) is 57.9 Å². The Morgan fingerprint density at radius 3 is 2.29 bits per heavy atom. The first-order valence-corrected chi connectivity index (χ1v) is 7.91. The molecule has 1 rings (SSSR count). The predicted octanol–water partition coefficient (Wildman–Crippen LogP) is 3.20. The summed E-state index contributed by atoms with van der Waals surface area (Å²) in [5.74, 6) is 1.11. The minimum Gasteiger partial charge on any atom is -0.369 e. The van der Waals surface area contributed by atoms with Crippen molar-refractivity contribution in [3.05, 3.63) is 17.8 Å². The van der Waals surface area contributed by atoms with Crippen LogP contribution >= 0.6 is 0 Å². The molecule has 0 bridgehead atoms. The molecule has 0 atom stereocenters. The highest BCUT2D eigenvalue weighted by molar-refractivity contribution is 5.92. The summed E-state index contributed by atoms with van der Waals surface area (Å²) >= 11 is 0. The Kier molecular flexibility index (Phi) is 7.12. The molecule has 0 aliphatic rings. The number of rotatable bonds is 8. The summed E-state index contributed by atoms with van der Waals surface area (Å²) in [6.07, 6.45) is 1.91. The van der Waals surface area contributed by atoms with Crippen LogP contribution < -0.4 is 5.32 Å². The van der Waals surface area contributed by atoms with Gasteiger partial charge >= 0.3 is 0 Å². The highest BCUT2D eigenvalue weighted by Crippen LogP contribution is 2.15. The molecule has 5 heteroatoms. The summed E-state index contributed by atoms with van der Waals surface area (Å²) in [6.45, 7) is 12.0. The van der Waals surface area contributed by atoms with Gasteiger partial charge in [0, 0.05) is 19.1 Å². The second-order valence-corrected chi connectivity index (χ2v) is 5.66. The first kappa shape index (κ1) is 17.4. The maximum Gasteiger partial charge on any atom is 0.274 e. The molecule has 0 saturated heterocycles. The maximum atomic E-state index is 12.7. The van der Waals surface area contributed by atoms with Gasteiger partial charge in [0.1, 0.15) is 5.82 Å². The van der Waals surface area contributed by atoms with E-state index in [2.05, 4.69) is 43.2 Å². The number of hydrogen-bond acceptors (Lipinski definition) is 4. The zero-order valence-electron chi connectivity index (χ0n) is 13.9. The van der Waals surface area contributed by atoms with Crippen LogP contribution in [-0.2, 0) is 0 Å². The van der Waals surface area contributed by atoms with Gasteiger partial charge in [0.05, 0.1) is 0 Å². The van der Waals surface area contributed by atoms with Gasteiger partial charge in [-0.25, -0.2) is 0 Å². The molecule has 0 radical (unpaired) electrons. The minimum absolute atomic E-state index is 0.0204. The standard InChI is InChI=1S/C16H28N4O/c1-6-13(7-2)20(11-12(4)5)16(21)14-9-10-15(17-8-3)19-18-14/h9-10,12-13H,6-8,11H2,1-5H3,(H,17,19). The van der Waals surface area contributed by atoms with Crippen LogP contribution in [-0.4, -0.2) is 40.1 Å². The van der Waals surface area contributed by atoms with Crippen LogP contribution in [0.3, 0.4) is 0 Å². The maximum absolute atomic E-state index is 12.7. The van der Waals surface area contributed by atoms with E-state index in [-0.39, 0.29) is 11.9 Å². The first-order valence-electron chi connectivity index (χ1n) is 7.91. The molecule has 1 heterocycles. The third kappa shape index (κ3) is 4.99. The fourth-order valence-electron chi connectivity index (χ4n) is 2.39. The van der Waals surface area contributed by atoms with Gasteiger partial charge in [-0.1, -0.05) is 27.7 Å². The van der Waals surface area contributed by atoms with Gasteiger partial charge in [-0.05, 0) is 37.8 Å². The van der Waals surface area contributed by atoms with Gasteiger partial charge in [0.2, 0.25) is 0 Å². The highest BCUT2D eigenvalue weighted by atomic mass is 16.2. The lowest BCUT2D eigenvalue weighted by atomic mass is 10.1. The molecule has 1 aromatic heterocycles. The second kappa shape index (κ2) is 8.60. The molecule has 1 N–H and O–H groups in total. The number of amides is 1. The fraction of sp³-hybridized carbons (Fsp3) is 0.688. The van der Waals surface area contributed by atoms with Crippen LogP contribution in [0.5, 0.6) is 0 Å². The largest absolute Gasteiger partial charge is 0.369 e. The van der Waals surface area contributed by atoms with Crippen molar-refractivity contribution in [2.75, 3.05) is 18.4 Å². The Labute approximate surface area is 128 Å². The van der Waals surface area contributed by atoms with Crippen LogP contribution in [0.2, 0.25) is 0 Å². The molecular formula is C16H28N4O. The molecule has 118 valence electrons. The Bertz CT molecular complexity index is 426. The SMILES string of the molecule is CCNc1ccc(C(=O)N(CC(C)C)C(CC)CC)nn1. The monoisotopic (exact) mass is 292 g/mol. The smallest absolute Gasteiger partial charge is 0.274 e. The summed E-state index contributed by atoms with van der Waals surface area (Å²) in [5.41, 5.74) is 0.421. The van der Waals surface area contributed by atoms with Gasteiger partial charge in [0.25, 0.3) is 5.91 Å². The Hall–Kier alpha value is -1.65. The van der Waals surface area contributed by atoms with E-state index in [9.17, 15) is 4.79 Å². The third-order valence-corrected chi connectivity index (χ3v) is 3.45. The normalized spacial score (nSPS) is 11.0. The summed E-state index contributed by atoms with van der Waals surface area (Å²) in [7, 11) is 0. The molecule has 0 spiro atoms. The number of carbonyl (C=O) groups is 1. The Balaban J connectivity index is 2.92. The number of nitrogens with zero attached hydrogens (tertiary/aromatic N) is 3. The van der Waals surface area contributed by atoms with Crippen molar-refractivity contribution in [1.82, 2.24) is 15.1 Å². The molecule has 0 fully saturated rings. The zero-order valence-corrected chi connectivity index (χ0v) is 13.9. The number of carbonyl (C=O) groups excluding carboxylic acids is 1. The summed E-state index contributed by atoms with van der Waals surface area (Å²) < 4.78 is 0. The van der Waals surface area contributed by atoms with Crippen molar-refractivity contribution in [3.63, 3.8) is 0 Å². The first-order chi connectivity index (χ1) is 10.0. The van der Waals surface area contributed by atoms with E-state index < -0.39 is 0 Å². The van der Waals surface area contributed by atoms with Gasteiger partial charge < -0.3 is 10.2 Å². The van der Waals surface area contributed by atoms with Crippen molar-refractivity contribution in [1.29, 1.82) is 0 Å². The predicted molar refractivity (Wildman–Crippen MR) is 86.4 cm³/mol. The van der Waals surface area contributed by atoms with Crippen molar-refractivity contribution < 1.29 is 4.79 Å². The average molecular weight is 292 g/mol. The van der Waals surface area contributed by atoms with Crippen molar-refractivity contribution >= 4 is 11.7 Å². The van der Waals surface area contributed by atoms with Crippen molar-refractivity contribution in [2.45, 2.75) is 53.5 Å². The molecule has 0 unspecified atom stereocenters. The average Bonchev–Trinajstić information content (AvgIpc) is 2.47. The van der Waals surface area contributed by atoms with E-state index in [1.807, 2.05) is 17.9 Å². The summed E-state index contributed by atoms with van der Waals surface area (Å²) in [4.78, 5) is 14.7. The lowest BCUT2D eigenvalue weighted by Crippen LogP contribution is -2.42. The second-order valence-electron chi connectivity index (χ2n) is 5.66. The Morgan fingerprint density at radius 1 is 1.19 bits per heavy atom. The van der Waals surface area contributed by atoms with Crippen LogP contribution in [0.4, 0.5) is 5.82 Å². The molecule has 21 heavy (non-hydrogen) atoms. The Morgan fingerprint density at radius 2 is 1.86 bits per heavy atom.